The van der Waals surface area contributed by atoms with E-state index in [-0.39, 0.29) is 11.9 Å². The first-order chi connectivity index (χ1) is 12.5. The molecule has 7 heteroatoms. The molecule has 2 aromatic heterocycles. The summed E-state index contributed by atoms with van der Waals surface area (Å²) in [5.41, 5.74) is 8.15. The van der Waals surface area contributed by atoms with Gasteiger partial charge in [0, 0.05) is 25.0 Å². The fourth-order valence-electron chi connectivity index (χ4n) is 2.72. The van der Waals surface area contributed by atoms with Crippen LogP contribution in [0.15, 0.2) is 54.9 Å². The molecule has 1 aromatic carbocycles. The average molecular weight is 351 g/mol. The number of anilines is 1. The summed E-state index contributed by atoms with van der Waals surface area (Å²) in [6, 6.07) is 12.3. The number of rotatable bonds is 5. The van der Waals surface area contributed by atoms with Crippen molar-refractivity contribution in [1.82, 2.24) is 19.9 Å². The first kappa shape index (κ1) is 17.6. The third-order valence-corrected chi connectivity index (χ3v) is 4.41. The van der Waals surface area contributed by atoms with Gasteiger partial charge in [-0.3, -0.25) is 4.79 Å². The van der Waals surface area contributed by atoms with Crippen LogP contribution in [0.1, 0.15) is 29.1 Å². The molecule has 134 valence electrons. The molecule has 0 radical (unpaired) electrons. The molecule has 0 aliphatic carbocycles. The van der Waals surface area contributed by atoms with Gasteiger partial charge in [-0.25, -0.2) is 9.97 Å². The highest BCUT2D eigenvalue weighted by molar-refractivity contribution is 5.94. The van der Waals surface area contributed by atoms with E-state index in [0.29, 0.717) is 11.4 Å². The number of nitrogens with zero attached hydrogens (tertiary/aromatic N) is 3. The Hall–Kier alpha value is -3.19. The maximum atomic E-state index is 12.8. The Morgan fingerprint density at radius 1 is 1.27 bits per heavy atom. The number of aromatic amines is 1. The zero-order chi connectivity index (χ0) is 18.7. The van der Waals surface area contributed by atoms with Crippen LogP contribution in [0.2, 0.25) is 0 Å². The quantitative estimate of drug-likeness (QED) is 0.653. The number of aliphatic hydroxyl groups excluding tert-OH is 1. The minimum atomic E-state index is -0.777. The first-order valence-electron chi connectivity index (χ1n) is 8.25. The van der Waals surface area contributed by atoms with Gasteiger partial charge in [0.2, 0.25) is 5.95 Å². The van der Waals surface area contributed by atoms with Gasteiger partial charge in [-0.05, 0) is 24.6 Å². The molecule has 2 atom stereocenters. The summed E-state index contributed by atoms with van der Waals surface area (Å²) in [7, 11) is 1.67. The monoisotopic (exact) mass is 351 g/mol. The second-order valence-corrected chi connectivity index (χ2v) is 6.11. The van der Waals surface area contributed by atoms with E-state index in [9.17, 15) is 9.90 Å². The number of nitrogens with two attached hydrogens (primary N) is 1. The third kappa shape index (κ3) is 3.57. The molecule has 0 saturated heterocycles. The molecule has 0 bridgehead atoms. The lowest BCUT2D eigenvalue weighted by molar-refractivity contribution is 0.0482. The molecular formula is C19H21N5O2. The summed E-state index contributed by atoms with van der Waals surface area (Å²) < 4.78 is 0. The fraction of sp³-hybridized carbons (Fsp3) is 0.211. The number of hydrogen-bond acceptors (Lipinski definition) is 5. The molecular weight excluding hydrogens is 330 g/mol. The third-order valence-electron chi connectivity index (χ3n) is 4.41. The van der Waals surface area contributed by atoms with Crippen molar-refractivity contribution in [2.24, 2.45) is 0 Å². The van der Waals surface area contributed by atoms with Crippen molar-refractivity contribution in [3.05, 3.63) is 66.1 Å². The zero-order valence-electron chi connectivity index (χ0n) is 14.6. The normalized spacial score (nSPS) is 13.2. The number of carbonyl (C=O) groups excluding carboxylic acids is 1. The van der Waals surface area contributed by atoms with Crippen molar-refractivity contribution in [1.29, 1.82) is 0 Å². The van der Waals surface area contributed by atoms with Crippen molar-refractivity contribution in [2.75, 3.05) is 12.8 Å². The second-order valence-electron chi connectivity index (χ2n) is 6.11. The van der Waals surface area contributed by atoms with E-state index >= 15 is 0 Å². The highest BCUT2D eigenvalue weighted by Crippen LogP contribution is 2.23. The Kier molecular flexibility index (Phi) is 4.99. The largest absolute Gasteiger partial charge is 0.386 e. The number of nitrogen functional groups attached to an aromatic ring is 1. The number of carbonyl (C=O) groups is 1. The van der Waals surface area contributed by atoms with Gasteiger partial charge < -0.3 is 20.7 Å². The topological polar surface area (TPSA) is 108 Å². The number of benzene rings is 1. The maximum absolute atomic E-state index is 12.8. The summed E-state index contributed by atoms with van der Waals surface area (Å²) in [4.78, 5) is 25.2. The SMILES string of the molecule is CC(C(O)c1ccccc1)N(C)C(=O)c1cc(-c2ccnc(N)n2)c[nH]1. The van der Waals surface area contributed by atoms with Crippen LogP contribution in [0, 0.1) is 0 Å². The number of nitrogens with one attached hydrogen (secondary N) is 1. The van der Waals surface area contributed by atoms with Crippen LogP contribution in [0.5, 0.6) is 0 Å². The van der Waals surface area contributed by atoms with Crippen molar-refractivity contribution in [3.8, 4) is 11.3 Å². The maximum Gasteiger partial charge on any atom is 0.270 e. The molecule has 3 aromatic rings. The average Bonchev–Trinajstić information content (AvgIpc) is 3.16. The van der Waals surface area contributed by atoms with Crippen molar-refractivity contribution < 1.29 is 9.90 Å². The van der Waals surface area contributed by atoms with Crippen LogP contribution in [-0.2, 0) is 0 Å². The highest BCUT2D eigenvalue weighted by Gasteiger charge is 2.25. The van der Waals surface area contributed by atoms with Crippen LogP contribution >= 0.6 is 0 Å². The number of H-pyrrole nitrogens is 1. The number of amides is 1. The van der Waals surface area contributed by atoms with Gasteiger partial charge in [0.25, 0.3) is 5.91 Å². The number of hydrogen-bond donors (Lipinski definition) is 3. The lowest BCUT2D eigenvalue weighted by Gasteiger charge is -2.29. The van der Waals surface area contributed by atoms with Crippen LogP contribution in [0.3, 0.4) is 0 Å². The van der Waals surface area contributed by atoms with E-state index in [1.165, 1.54) is 4.90 Å². The summed E-state index contributed by atoms with van der Waals surface area (Å²) in [6.45, 7) is 1.81. The van der Waals surface area contributed by atoms with Crippen molar-refractivity contribution in [2.45, 2.75) is 19.1 Å². The molecule has 4 N–H and O–H groups in total. The smallest absolute Gasteiger partial charge is 0.270 e. The molecule has 26 heavy (non-hydrogen) atoms. The Bertz CT molecular complexity index is 894. The highest BCUT2D eigenvalue weighted by atomic mass is 16.3. The number of likely N-dealkylation sites (N-methyl/N-ethyl adjacent to an activating group) is 1. The van der Waals surface area contributed by atoms with E-state index < -0.39 is 12.1 Å². The fourth-order valence-corrected chi connectivity index (χ4v) is 2.72. The van der Waals surface area contributed by atoms with Crippen molar-refractivity contribution >= 4 is 11.9 Å². The van der Waals surface area contributed by atoms with Gasteiger partial charge in [0.05, 0.1) is 17.8 Å². The molecule has 0 fully saturated rings. The zero-order valence-corrected chi connectivity index (χ0v) is 14.6. The van der Waals surface area contributed by atoms with Gasteiger partial charge >= 0.3 is 0 Å². The number of aliphatic hydroxyl groups is 1. The number of aromatic nitrogens is 3. The van der Waals surface area contributed by atoms with Gasteiger partial charge in [-0.2, -0.15) is 0 Å². The summed E-state index contributed by atoms with van der Waals surface area (Å²) in [5.74, 6) is -0.0472. The van der Waals surface area contributed by atoms with E-state index in [0.717, 1.165) is 11.1 Å². The molecule has 0 aliphatic rings. The van der Waals surface area contributed by atoms with E-state index in [1.807, 2.05) is 37.3 Å². The van der Waals surface area contributed by atoms with Gasteiger partial charge in [0.15, 0.2) is 0 Å². The molecule has 2 unspecified atom stereocenters. The lowest BCUT2D eigenvalue weighted by Crippen LogP contribution is -2.39. The summed E-state index contributed by atoms with van der Waals surface area (Å²) in [6.07, 6.45) is 2.48. The molecule has 0 saturated carbocycles. The van der Waals surface area contributed by atoms with Gasteiger partial charge in [-0.15, -0.1) is 0 Å². The molecule has 7 nitrogen and oxygen atoms in total. The van der Waals surface area contributed by atoms with Crippen LogP contribution in [-0.4, -0.2) is 44.0 Å². The predicted molar refractivity (Wildman–Crippen MR) is 99.2 cm³/mol. The Morgan fingerprint density at radius 2 is 2.00 bits per heavy atom. The minimum absolute atomic E-state index is 0.174. The summed E-state index contributed by atoms with van der Waals surface area (Å²) >= 11 is 0. The van der Waals surface area contributed by atoms with Crippen LogP contribution in [0.4, 0.5) is 5.95 Å². The van der Waals surface area contributed by atoms with Crippen LogP contribution in [0.25, 0.3) is 11.3 Å². The second kappa shape index (κ2) is 7.37. The molecule has 0 aliphatic heterocycles. The summed E-state index contributed by atoms with van der Waals surface area (Å²) in [5, 5.41) is 10.5. The van der Waals surface area contributed by atoms with Crippen LogP contribution < -0.4 is 5.73 Å². The van der Waals surface area contributed by atoms with E-state index in [1.54, 1.807) is 31.6 Å². The van der Waals surface area contributed by atoms with Gasteiger partial charge in [0.1, 0.15) is 5.69 Å². The standard InChI is InChI=1S/C19H21N5O2/c1-12(17(25)13-6-4-3-5-7-13)24(2)18(26)16-10-14(11-22-16)15-8-9-21-19(20)23-15/h3-12,17,22,25H,1-2H3,(H2,20,21,23). The Labute approximate surface area is 151 Å². The van der Waals surface area contributed by atoms with E-state index in [4.69, 9.17) is 5.73 Å². The Morgan fingerprint density at radius 3 is 2.69 bits per heavy atom. The molecule has 3 rings (SSSR count). The molecule has 2 heterocycles. The Balaban J connectivity index is 1.76. The first-order valence-corrected chi connectivity index (χ1v) is 8.25. The predicted octanol–water partition coefficient (Wildman–Crippen LogP) is 2.25. The van der Waals surface area contributed by atoms with E-state index in [2.05, 4.69) is 15.0 Å². The van der Waals surface area contributed by atoms with Gasteiger partial charge in [-0.1, -0.05) is 30.3 Å². The van der Waals surface area contributed by atoms with Crippen molar-refractivity contribution in [3.63, 3.8) is 0 Å². The minimum Gasteiger partial charge on any atom is -0.386 e. The lowest BCUT2D eigenvalue weighted by atomic mass is 10.0. The molecule has 1 amide bonds. The molecule has 0 spiro atoms.